The minimum Gasteiger partial charge on any atom is -0.495 e. The first kappa shape index (κ1) is 19.2. The number of rotatable bonds is 6. The maximum atomic E-state index is 12.1. The molecule has 0 spiro atoms. The number of hydrazone groups is 1. The van der Waals surface area contributed by atoms with E-state index in [4.69, 9.17) is 16.3 Å². The van der Waals surface area contributed by atoms with Crippen LogP contribution >= 0.6 is 11.6 Å². The summed E-state index contributed by atoms with van der Waals surface area (Å²) in [4.78, 5) is 24.2. The Kier molecular flexibility index (Phi) is 7.25. The Morgan fingerprint density at radius 2 is 2.00 bits per heavy atom. The van der Waals surface area contributed by atoms with Crippen molar-refractivity contribution >= 4 is 34.8 Å². The fraction of sp³-hybridized carbons (Fsp3) is 0.500. The number of carbonyl (C=O) groups is 2. The summed E-state index contributed by atoms with van der Waals surface area (Å²) in [6, 6.07) is 4.99. The van der Waals surface area contributed by atoms with Gasteiger partial charge in [0.2, 0.25) is 11.8 Å². The molecule has 1 aliphatic rings. The molecule has 1 saturated carbocycles. The van der Waals surface area contributed by atoms with Gasteiger partial charge in [-0.05, 0) is 38.0 Å². The van der Waals surface area contributed by atoms with Gasteiger partial charge in [0.15, 0.2) is 0 Å². The maximum Gasteiger partial charge on any atom is 0.243 e. The van der Waals surface area contributed by atoms with E-state index in [-0.39, 0.29) is 24.2 Å². The summed E-state index contributed by atoms with van der Waals surface area (Å²) in [5.74, 6) is 0.248. The summed E-state index contributed by atoms with van der Waals surface area (Å²) in [6.45, 7) is 1.70. The lowest BCUT2D eigenvalue weighted by atomic mass is 9.89. The lowest BCUT2D eigenvalue weighted by molar-refractivity contribution is -0.126. The van der Waals surface area contributed by atoms with Gasteiger partial charge in [-0.25, -0.2) is 5.43 Å². The molecule has 1 aromatic rings. The molecule has 1 fully saturated rings. The van der Waals surface area contributed by atoms with E-state index >= 15 is 0 Å². The van der Waals surface area contributed by atoms with Crippen molar-refractivity contribution < 1.29 is 14.3 Å². The Labute approximate surface area is 153 Å². The number of ether oxygens (including phenoxy) is 1. The number of amides is 2. The normalized spacial score (nSPS) is 15.6. The zero-order chi connectivity index (χ0) is 18.2. The molecule has 136 valence electrons. The highest BCUT2D eigenvalue weighted by atomic mass is 35.5. The summed E-state index contributed by atoms with van der Waals surface area (Å²) in [7, 11) is 1.52. The third kappa shape index (κ3) is 6.05. The van der Waals surface area contributed by atoms with Gasteiger partial charge < -0.3 is 10.1 Å². The quantitative estimate of drug-likeness (QED) is 0.595. The Hall–Kier alpha value is -2.08. The number of hydrogen-bond donors (Lipinski definition) is 2. The van der Waals surface area contributed by atoms with Gasteiger partial charge in [0.25, 0.3) is 0 Å². The fourth-order valence-electron chi connectivity index (χ4n) is 2.85. The molecule has 0 saturated heterocycles. The highest BCUT2D eigenvalue weighted by Crippen LogP contribution is 2.27. The highest BCUT2D eigenvalue weighted by molar-refractivity contribution is 6.31. The molecule has 25 heavy (non-hydrogen) atoms. The monoisotopic (exact) mass is 365 g/mol. The summed E-state index contributed by atoms with van der Waals surface area (Å²) < 4.78 is 5.19. The van der Waals surface area contributed by atoms with E-state index in [2.05, 4.69) is 15.8 Å². The topological polar surface area (TPSA) is 79.8 Å². The van der Waals surface area contributed by atoms with E-state index in [1.165, 1.54) is 13.5 Å². The molecule has 0 aromatic heterocycles. The second-order valence-corrected chi connectivity index (χ2v) is 6.66. The summed E-state index contributed by atoms with van der Waals surface area (Å²) in [5.41, 5.74) is 3.61. The van der Waals surface area contributed by atoms with Crippen LogP contribution in [0, 0.1) is 5.92 Å². The van der Waals surface area contributed by atoms with Crippen LogP contribution in [0.1, 0.15) is 45.4 Å². The number of anilines is 1. The molecule has 0 bridgehead atoms. The number of benzene rings is 1. The Morgan fingerprint density at radius 3 is 2.68 bits per heavy atom. The van der Waals surface area contributed by atoms with Gasteiger partial charge in [-0.15, -0.1) is 0 Å². The van der Waals surface area contributed by atoms with Crippen molar-refractivity contribution in [2.75, 3.05) is 12.4 Å². The molecule has 2 rings (SSSR count). The minimum atomic E-state index is -0.256. The van der Waals surface area contributed by atoms with E-state index in [1.54, 1.807) is 25.1 Å². The Bertz CT molecular complexity index is 655. The van der Waals surface area contributed by atoms with Gasteiger partial charge >= 0.3 is 0 Å². The molecule has 6 nitrogen and oxygen atoms in total. The first-order chi connectivity index (χ1) is 12.0. The minimum absolute atomic E-state index is 0.0369. The van der Waals surface area contributed by atoms with Crippen LogP contribution in [0.4, 0.5) is 5.69 Å². The van der Waals surface area contributed by atoms with E-state index in [0.29, 0.717) is 22.2 Å². The molecule has 0 atom stereocenters. The summed E-state index contributed by atoms with van der Waals surface area (Å²) in [5, 5.41) is 7.28. The SMILES string of the molecule is COc1ccc(Cl)cc1NC(=O)C/C(C)=N/NC(=O)C1CCCCC1. The second kappa shape index (κ2) is 9.42. The van der Waals surface area contributed by atoms with Crippen LogP contribution in [-0.4, -0.2) is 24.6 Å². The highest BCUT2D eigenvalue weighted by Gasteiger charge is 2.20. The lowest BCUT2D eigenvalue weighted by Gasteiger charge is -2.19. The van der Waals surface area contributed by atoms with Crippen LogP contribution in [0.3, 0.4) is 0 Å². The molecule has 7 heteroatoms. The van der Waals surface area contributed by atoms with Gasteiger partial charge in [-0.2, -0.15) is 5.10 Å². The first-order valence-corrected chi connectivity index (χ1v) is 8.84. The van der Waals surface area contributed by atoms with Gasteiger partial charge in [-0.3, -0.25) is 9.59 Å². The van der Waals surface area contributed by atoms with Crippen LogP contribution in [0.25, 0.3) is 0 Å². The van der Waals surface area contributed by atoms with Crippen LogP contribution < -0.4 is 15.5 Å². The van der Waals surface area contributed by atoms with Crippen molar-refractivity contribution in [3.8, 4) is 5.75 Å². The maximum absolute atomic E-state index is 12.1. The molecule has 2 amide bonds. The van der Waals surface area contributed by atoms with Crippen molar-refractivity contribution in [2.45, 2.75) is 45.4 Å². The number of nitrogens with one attached hydrogen (secondary N) is 2. The van der Waals surface area contributed by atoms with Crippen LogP contribution in [0.15, 0.2) is 23.3 Å². The fourth-order valence-corrected chi connectivity index (χ4v) is 3.02. The average Bonchev–Trinajstić information content (AvgIpc) is 2.60. The van der Waals surface area contributed by atoms with E-state index in [9.17, 15) is 9.59 Å². The molecule has 0 unspecified atom stereocenters. The predicted molar refractivity (Wildman–Crippen MR) is 99.1 cm³/mol. The number of carbonyl (C=O) groups excluding carboxylic acids is 2. The zero-order valence-electron chi connectivity index (χ0n) is 14.6. The molecule has 2 N–H and O–H groups in total. The molecular weight excluding hydrogens is 342 g/mol. The zero-order valence-corrected chi connectivity index (χ0v) is 15.4. The molecule has 1 aliphatic carbocycles. The number of hydrogen-bond acceptors (Lipinski definition) is 4. The van der Waals surface area contributed by atoms with Gasteiger partial charge in [0, 0.05) is 16.7 Å². The Balaban J connectivity index is 1.87. The smallest absolute Gasteiger partial charge is 0.243 e. The predicted octanol–water partition coefficient (Wildman–Crippen LogP) is 3.75. The molecule has 0 heterocycles. The van der Waals surface area contributed by atoms with Crippen molar-refractivity contribution in [1.82, 2.24) is 5.43 Å². The van der Waals surface area contributed by atoms with E-state index in [0.717, 1.165) is 25.7 Å². The second-order valence-electron chi connectivity index (χ2n) is 6.23. The summed E-state index contributed by atoms with van der Waals surface area (Å²) in [6.07, 6.45) is 5.26. The molecular formula is C18H24ClN3O3. The largest absolute Gasteiger partial charge is 0.495 e. The van der Waals surface area contributed by atoms with E-state index in [1.807, 2.05) is 0 Å². The Morgan fingerprint density at radius 1 is 1.28 bits per heavy atom. The van der Waals surface area contributed by atoms with Crippen molar-refractivity contribution in [2.24, 2.45) is 11.0 Å². The van der Waals surface area contributed by atoms with Gasteiger partial charge in [0.05, 0.1) is 19.2 Å². The lowest BCUT2D eigenvalue weighted by Crippen LogP contribution is -2.29. The standard InChI is InChI=1S/C18H24ClN3O3/c1-12(21-22-18(24)13-6-4-3-5-7-13)10-17(23)20-15-11-14(19)8-9-16(15)25-2/h8-9,11,13H,3-7,10H2,1-2H3,(H,20,23)(H,22,24)/b21-12+. The number of halogens is 1. The van der Waals surface area contributed by atoms with Crippen molar-refractivity contribution in [3.63, 3.8) is 0 Å². The van der Waals surface area contributed by atoms with Crippen LogP contribution in [0.2, 0.25) is 5.02 Å². The summed E-state index contributed by atoms with van der Waals surface area (Å²) >= 11 is 5.94. The third-order valence-corrected chi connectivity index (χ3v) is 4.42. The molecule has 0 radical (unpaired) electrons. The number of nitrogens with zero attached hydrogens (tertiary/aromatic N) is 1. The number of methoxy groups -OCH3 is 1. The molecule has 0 aliphatic heterocycles. The van der Waals surface area contributed by atoms with Crippen molar-refractivity contribution in [3.05, 3.63) is 23.2 Å². The van der Waals surface area contributed by atoms with Crippen molar-refractivity contribution in [1.29, 1.82) is 0 Å². The van der Waals surface area contributed by atoms with Gasteiger partial charge in [-0.1, -0.05) is 30.9 Å². The first-order valence-electron chi connectivity index (χ1n) is 8.46. The van der Waals surface area contributed by atoms with Gasteiger partial charge in [0.1, 0.15) is 5.75 Å². The van der Waals surface area contributed by atoms with Crippen LogP contribution in [-0.2, 0) is 9.59 Å². The third-order valence-electron chi connectivity index (χ3n) is 4.18. The molecule has 1 aromatic carbocycles. The average molecular weight is 366 g/mol. The van der Waals surface area contributed by atoms with Crippen LogP contribution in [0.5, 0.6) is 5.75 Å². The van der Waals surface area contributed by atoms with E-state index < -0.39 is 0 Å².